The van der Waals surface area contributed by atoms with Gasteiger partial charge in [0.15, 0.2) is 11.5 Å². The highest BCUT2D eigenvalue weighted by atomic mass is 35.5. The van der Waals surface area contributed by atoms with Crippen LogP contribution in [0.1, 0.15) is 47.0 Å². The van der Waals surface area contributed by atoms with Crippen molar-refractivity contribution in [2.24, 2.45) is 0 Å². The maximum atomic E-state index is 6.00. The van der Waals surface area contributed by atoms with Gasteiger partial charge in [0.25, 0.3) is 0 Å². The molecule has 0 bridgehead atoms. The average molecular weight is 369 g/mol. The van der Waals surface area contributed by atoms with Crippen LogP contribution < -0.4 is 0 Å². The molecule has 4 nitrogen and oxygen atoms in total. The summed E-state index contributed by atoms with van der Waals surface area (Å²) in [6.07, 6.45) is 3.88. The molecule has 0 saturated heterocycles. The molecule has 0 N–H and O–H groups in total. The van der Waals surface area contributed by atoms with Gasteiger partial charge in [0.2, 0.25) is 0 Å². The largest absolute Gasteiger partial charge is 0.225 e. The van der Waals surface area contributed by atoms with Crippen molar-refractivity contribution in [3.05, 3.63) is 57.4 Å². The van der Waals surface area contributed by atoms with E-state index in [4.69, 9.17) is 21.7 Å². The van der Waals surface area contributed by atoms with E-state index in [0.29, 0.717) is 11.8 Å². The van der Waals surface area contributed by atoms with Crippen LogP contribution in [0, 0.1) is 6.92 Å². The fraction of sp³-hybridized carbons (Fsp3) is 0.316. The van der Waals surface area contributed by atoms with Crippen molar-refractivity contribution in [2.45, 2.75) is 38.5 Å². The molecular weight excluding hydrogens is 352 g/mol. The Kier molecular flexibility index (Phi) is 3.37. The number of halogens is 1. The molecule has 2 atom stereocenters. The van der Waals surface area contributed by atoms with E-state index in [-0.39, 0.29) is 0 Å². The maximum absolute atomic E-state index is 6.00. The molecule has 3 aromatic heterocycles. The molecule has 6 heteroatoms. The van der Waals surface area contributed by atoms with Gasteiger partial charge in [0, 0.05) is 15.8 Å². The van der Waals surface area contributed by atoms with Crippen molar-refractivity contribution in [1.82, 2.24) is 19.6 Å². The van der Waals surface area contributed by atoms with Crippen LogP contribution in [-0.4, -0.2) is 19.6 Å². The second-order valence-electron chi connectivity index (χ2n) is 6.65. The number of thiophene rings is 1. The van der Waals surface area contributed by atoms with Crippen molar-refractivity contribution < 1.29 is 0 Å². The second kappa shape index (κ2) is 5.51. The summed E-state index contributed by atoms with van der Waals surface area (Å²) in [6, 6.07) is 8.14. The molecule has 0 aliphatic heterocycles. The zero-order valence-corrected chi connectivity index (χ0v) is 15.6. The van der Waals surface area contributed by atoms with E-state index in [2.05, 4.69) is 31.0 Å². The highest BCUT2D eigenvalue weighted by Gasteiger charge is 2.42. The summed E-state index contributed by atoms with van der Waals surface area (Å²) in [4.78, 5) is 11.9. The summed E-state index contributed by atoms with van der Waals surface area (Å²) < 4.78 is 1.85. The number of nitrogens with zero attached hydrogens (tertiary/aromatic N) is 4. The van der Waals surface area contributed by atoms with Gasteiger partial charge in [-0.25, -0.2) is 14.5 Å². The lowest BCUT2D eigenvalue weighted by atomic mass is 10.1. The smallest absolute Gasteiger partial charge is 0.167 e. The van der Waals surface area contributed by atoms with Crippen LogP contribution in [0.25, 0.3) is 15.9 Å². The van der Waals surface area contributed by atoms with Gasteiger partial charge in [-0.15, -0.1) is 16.4 Å². The predicted octanol–water partition coefficient (Wildman–Crippen LogP) is 5.13. The Morgan fingerprint density at radius 3 is 2.80 bits per heavy atom. The Labute approximate surface area is 154 Å². The van der Waals surface area contributed by atoms with E-state index < -0.39 is 0 Å². The SMILES string of the molecule is CCc1c(C)sc2ncn3nc([C@H]4C[C@@H]4c4ccc(Cl)cc4)nc3c12. The summed E-state index contributed by atoms with van der Waals surface area (Å²) in [5.74, 6) is 1.81. The minimum absolute atomic E-state index is 0.390. The maximum Gasteiger partial charge on any atom is 0.167 e. The van der Waals surface area contributed by atoms with Gasteiger partial charge in [0.1, 0.15) is 11.2 Å². The van der Waals surface area contributed by atoms with Crippen molar-refractivity contribution >= 4 is 38.8 Å². The van der Waals surface area contributed by atoms with Gasteiger partial charge in [-0.3, -0.25) is 0 Å². The Balaban J connectivity index is 1.57. The van der Waals surface area contributed by atoms with Crippen molar-refractivity contribution in [3.8, 4) is 0 Å². The number of aryl methyl sites for hydroxylation is 2. The zero-order valence-electron chi connectivity index (χ0n) is 14.0. The van der Waals surface area contributed by atoms with Gasteiger partial charge in [0.05, 0.1) is 5.39 Å². The molecule has 1 aliphatic carbocycles. The highest BCUT2D eigenvalue weighted by Crippen LogP contribution is 2.53. The van der Waals surface area contributed by atoms with E-state index in [1.165, 1.54) is 21.4 Å². The Morgan fingerprint density at radius 1 is 1.24 bits per heavy atom. The third-order valence-corrected chi connectivity index (χ3v) is 6.43. The van der Waals surface area contributed by atoms with Gasteiger partial charge < -0.3 is 0 Å². The number of hydrogen-bond acceptors (Lipinski definition) is 4. The quantitative estimate of drug-likeness (QED) is 0.503. The highest BCUT2D eigenvalue weighted by molar-refractivity contribution is 7.18. The molecule has 0 unspecified atom stereocenters. The first-order valence-corrected chi connectivity index (χ1v) is 9.74. The number of benzene rings is 1. The number of hydrogen-bond donors (Lipinski definition) is 0. The minimum atomic E-state index is 0.390. The first-order chi connectivity index (χ1) is 12.2. The second-order valence-corrected chi connectivity index (χ2v) is 8.29. The monoisotopic (exact) mass is 368 g/mol. The molecule has 3 heterocycles. The molecule has 1 aliphatic rings. The summed E-state index contributed by atoms with van der Waals surface area (Å²) in [5.41, 5.74) is 3.61. The van der Waals surface area contributed by atoms with Crippen LogP contribution in [0.2, 0.25) is 5.02 Å². The van der Waals surface area contributed by atoms with Crippen molar-refractivity contribution in [1.29, 1.82) is 0 Å². The molecule has 4 aromatic rings. The van der Waals surface area contributed by atoms with Gasteiger partial charge in [-0.1, -0.05) is 30.7 Å². The summed E-state index contributed by atoms with van der Waals surface area (Å²) >= 11 is 7.74. The van der Waals surface area contributed by atoms with Crippen LogP contribution in [0.15, 0.2) is 30.6 Å². The molecule has 0 radical (unpaired) electrons. The Morgan fingerprint density at radius 2 is 2.04 bits per heavy atom. The van der Waals surface area contributed by atoms with Gasteiger partial charge >= 0.3 is 0 Å². The lowest BCUT2D eigenvalue weighted by Crippen LogP contribution is -1.91. The topological polar surface area (TPSA) is 43.1 Å². The number of fused-ring (bicyclic) bond motifs is 3. The van der Waals surface area contributed by atoms with E-state index in [0.717, 1.165) is 34.2 Å². The normalized spacial score (nSPS) is 19.8. The van der Waals surface area contributed by atoms with E-state index >= 15 is 0 Å². The molecule has 1 fully saturated rings. The fourth-order valence-electron chi connectivity index (χ4n) is 3.72. The number of aromatic nitrogens is 4. The molecule has 25 heavy (non-hydrogen) atoms. The lowest BCUT2D eigenvalue weighted by molar-refractivity contribution is 0.850. The third-order valence-electron chi connectivity index (χ3n) is 5.12. The number of rotatable bonds is 3. The zero-order chi connectivity index (χ0) is 17.1. The molecule has 126 valence electrons. The molecular formula is C19H17ClN4S. The summed E-state index contributed by atoms with van der Waals surface area (Å²) in [6.45, 7) is 4.35. The molecule has 1 saturated carbocycles. The van der Waals surface area contributed by atoms with E-state index in [1.54, 1.807) is 17.7 Å². The van der Waals surface area contributed by atoms with Crippen LogP contribution in [0.4, 0.5) is 0 Å². The average Bonchev–Trinajstić information content (AvgIpc) is 3.17. The minimum Gasteiger partial charge on any atom is -0.225 e. The summed E-state index contributed by atoms with van der Waals surface area (Å²) in [5, 5.41) is 6.68. The Bertz CT molecular complexity index is 1100. The van der Waals surface area contributed by atoms with Crippen molar-refractivity contribution in [3.63, 3.8) is 0 Å². The van der Waals surface area contributed by atoms with Gasteiger partial charge in [-0.05, 0) is 48.9 Å². The van der Waals surface area contributed by atoms with Crippen LogP contribution >= 0.6 is 22.9 Å². The van der Waals surface area contributed by atoms with Crippen LogP contribution in [0.3, 0.4) is 0 Å². The van der Waals surface area contributed by atoms with Crippen LogP contribution in [0.5, 0.6) is 0 Å². The van der Waals surface area contributed by atoms with Crippen molar-refractivity contribution in [2.75, 3.05) is 0 Å². The van der Waals surface area contributed by atoms with Gasteiger partial charge in [-0.2, -0.15) is 0 Å². The lowest BCUT2D eigenvalue weighted by Gasteiger charge is -1.98. The first kappa shape index (κ1) is 15.3. The first-order valence-electron chi connectivity index (χ1n) is 8.54. The summed E-state index contributed by atoms with van der Waals surface area (Å²) in [7, 11) is 0. The fourth-order valence-corrected chi connectivity index (χ4v) is 4.93. The Hall–Kier alpha value is -1.98. The third kappa shape index (κ3) is 2.37. The molecule has 0 spiro atoms. The van der Waals surface area contributed by atoms with E-state index in [1.807, 2.05) is 16.6 Å². The molecule has 0 amide bonds. The van der Waals surface area contributed by atoms with E-state index in [9.17, 15) is 0 Å². The predicted molar refractivity (Wildman–Crippen MR) is 102 cm³/mol. The standard InChI is InChI=1S/C19H17ClN4S/c1-3-13-10(2)25-19-16(13)18-22-17(23-24(18)9-21-19)15-8-14(15)11-4-6-12(20)7-5-11/h4-7,9,14-15H,3,8H2,1-2H3/t14-,15+/m1/s1. The van der Waals surface area contributed by atoms with Crippen LogP contribution in [-0.2, 0) is 6.42 Å². The molecule has 5 rings (SSSR count). The molecule has 1 aromatic carbocycles.